The van der Waals surface area contributed by atoms with Gasteiger partial charge in [0.05, 0.1) is 27.4 Å². The Morgan fingerprint density at radius 1 is 0.905 bits per heavy atom. The Bertz CT molecular complexity index is 1320. The predicted octanol–water partition coefficient (Wildman–Crippen LogP) is 10.1. The van der Waals surface area contributed by atoms with E-state index < -0.39 is 8.07 Å². The van der Waals surface area contributed by atoms with Crippen molar-refractivity contribution in [3.8, 4) is 11.5 Å². The van der Waals surface area contributed by atoms with Crippen LogP contribution in [0.15, 0.2) is 72.8 Å². The molecule has 3 rings (SSSR count). The van der Waals surface area contributed by atoms with Gasteiger partial charge in [-0.3, -0.25) is 4.79 Å². The highest BCUT2D eigenvalue weighted by Crippen LogP contribution is 2.32. The van der Waals surface area contributed by atoms with Gasteiger partial charge < -0.3 is 9.47 Å². The first kappa shape index (κ1) is 34.8. The van der Waals surface area contributed by atoms with Gasteiger partial charge in [0.25, 0.3) is 0 Å². The molecule has 0 heterocycles. The van der Waals surface area contributed by atoms with E-state index in [1.54, 1.807) is 13.2 Å². The van der Waals surface area contributed by atoms with E-state index in [0.29, 0.717) is 23.8 Å². The Morgan fingerprint density at radius 2 is 1.62 bits per heavy atom. The molecular weight excluding hydrogens is 533 g/mol. The second-order valence-corrected chi connectivity index (χ2v) is 17.1. The highest BCUT2D eigenvalue weighted by Gasteiger charge is 2.17. The summed E-state index contributed by atoms with van der Waals surface area (Å²) < 4.78 is 11.8. The average Bonchev–Trinajstić information content (AvgIpc) is 2.97. The molecule has 4 heteroatoms. The third-order valence-corrected chi connectivity index (χ3v) is 9.51. The van der Waals surface area contributed by atoms with Crippen LogP contribution in [0.3, 0.4) is 0 Å². The van der Waals surface area contributed by atoms with E-state index in [1.807, 2.05) is 43.4 Å². The van der Waals surface area contributed by atoms with E-state index in [9.17, 15) is 4.79 Å². The molecule has 1 atom stereocenters. The van der Waals surface area contributed by atoms with Crippen molar-refractivity contribution in [3.05, 3.63) is 101 Å². The van der Waals surface area contributed by atoms with Crippen LogP contribution in [0.5, 0.6) is 11.5 Å². The number of aryl methyl sites for hydroxylation is 2. The van der Waals surface area contributed by atoms with Crippen LogP contribution < -0.4 is 14.7 Å². The van der Waals surface area contributed by atoms with Crippen LogP contribution in [0.25, 0.3) is 12.2 Å². The van der Waals surface area contributed by atoms with Gasteiger partial charge in [-0.25, -0.2) is 0 Å². The number of carbonyl (C=O) groups is 1. The zero-order valence-corrected chi connectivity index (χ0v) is 28.4. The largest absolute Gasteiger partial charge is 0.496 e. The molecule has 3 nitrogen and oxygen atoms in total. The lowest BCUT2D eigenvalue weighted by Crippen LogP contribution is -2.37. The van der Waals surface area contributed by atoms with Crippen molar-refractivity contribution >= 4 is 31.2 Å². The van der Waals surface area contributed by atoms with E-state index in [1.165, 1.54) is 23.6 Å². The summed E-state index contributed by atoms with van der Waals surface area (Å²) in [6, 6.07) is 20.7. The van der Waals surface area contributed by atoms with Gasteiger partial charge in [-0.05, 0) is 62.4 Å². The smallest absolute Gasteiger partial charge is 0.189 e. The van der Waals surface area contributed by atoms with Gasteiger partial charge in [-0.1, -0.05) is 130 Å². The molecule has 0 amide bonds. The standard InChI is InChI=1S/C29H38O3.C9H14Si/c1-7-10-12-23(9-3)20-32-28-19-26(29(31-6)18-25(28)11-8-2)27(30)16-15-24-14-13-21(4)17-22(24)5;1-10(2,3)9-7-5-4-6-8-9/h8,11,13-19,23H,7,9-10,12,20H2,1-6H3;4-8H,1-3H3/b11-8+,16-15+;. The van der Waals surface area contributed by atoms with Crippen LogP contribution in [-0.4, -0.2) is 27.6 Å². The minimum atomic E-state index is -1.03. The maximum absolute atomic E-state index is 13.1. The molecule has 0 radical (unpaired) electrons. The minimum Gasteiger partial charge on any atom is -0.496 e. The summed E-state index contributed by atoms with van der Waals surface area (Å²) in [6.45, 7) is 18.3. The third-order valence-electron chi connectivity index (χ3n) is 7.44. The van der Waals surface area contributed by atoms with Gasteiger partial charge in [0.15, 0.2) is 5.78 Å². The number of carbonyl (C=O) groups excluding carboxylic acids is 1. The summed E-state index contributed by atoms with van der Waals surface area (Å²) in [4.78, 5) is 13.1. The Balaban J connectivity index is 0.000000518. The minimum absolute atomic E-state index is 0.100. The highest BCUT2D eigenvalue weighted by atomic mass is 28.3. The first-order valence-corrected chi connectivity index (χ1v) is 18.9. The fraction of sp³-hybridized carbons (Fsp3) is 0.395. The van der Waals surface area contributed by atoms with E-state index in [-0.39, 0.29) is 5.78 Å². The molecule has 226 valence electrons. The van der Waals surface area contributed by atoms with Crippen LogP contribution in [0.2, 0.25) is 19.6 Å². The van der Waals surface area contributed by atoms with Gasteiger partial charge >= 0.3 is 0 Å². The maximum atomic E-state index is 13.1. The summed E-state index contributed by atoms with van der Waals surface area (Å²) in [5, 5.41) is 1.54. The number of hydrogen-bond donors (Lipinski definition) is 0. The summed E-state index contributed by atoms with van der Waals surface area (Å²) >= 11 is 0. The number of hydrogen-bond acceptors (Lipinski definition) is 3. The monoisotopic (exact) mass is 584 g/mol. The molecule has 0 aliphatic carbocycles. The van der Waals surface area contributed by atoms with Crippen LogP contribution >= 0.6 is 0 Å². The summed E-state index contributed by atoms with van der Waals surface area (Å²) in [5.41, 5.74) is 4.82. The van der Waals surface area contributed by atoms with Crippen molar-refractivity contribution in [1.29, 1.82) is 0 Å². The van der Waals surface area contributed by atoms with Crippen molar-refractivity contribution in [2.24, 2.45) is 5.92 Å². The second-order valence-electron chi connectivity index (χ2n) is 12.0. The van der Waals surface area contributed by atoms with Crippen molar-refractivity contribution in [2.45, 2.75) is 79.9 Å². The summed E-state index contributed by atoms with van der Waals surface area (Å²) in [6.07, 6.45) is 12.1. The lowest BCUT2D eigenvalue weighted by molar-refractivity contribution is 0.104. The van der Waals surface area contributed by atoms with E-state index in [2.05, 4.69) is 89.8 Å². The molecule has 0 aliphatic rings. The van der Waals surface area contributed by atoms with Crippen molar-refractivity contribution in [1.82, 2.24) is 0 Å². The van der Waals surface area contributed by atoms with Crippen LogP contribution in [0, 0.1) is 19.8 Å². The number of ether oxygens (including phenoxy) is 2. The Kier molecular flexibility index (Phi) is 14.6. The quantitative estimate of drug-likeness (QED) is 0.114. The van der Waals surface area contributed by atoms with Crippen LogP contribution in [-0.2, 0) is 0 Å². The number of unbranched alkanes of at least 4 members (excludes halogenated alkanes) is 1. The zero-order valence-electron chi connectivity index (χ0n) is 27.4. The molecule has 0 saturated carbocycles. The Labute approximate surface area is 256 Å². The van der Waals surface area contributed by atoms with E-state index in [0.717, 1.165) is 35.3 Å². The third kappa shape index (κ3) is 11.1. The summed E-state index contributed by atoms with van der Waals surface area (Å²) in [5.74, 6) is 1.69. The molecule has 0 bridgehead atoms. The fourth-order valence-corrected chi connectivity index (χ4v) is 5.88. The number of ketones is 1. The second kappa shape index (κ2) is 17.6. The molecule has 0 N–H and O–H groups in total. The van der Waals surface area contributed by atoms with Gasteiger partial charge in [0, 0.05) is 5.56 Å². The molecule has 42 heavy (non-hydrogen) atoms. The van der Waals surface area contributed by atoms with Gasteiger partial charge in [0.1, 0.15) is 11.5 Å². The van der Waals surface area contributed by atoms with Crippen molar-refractivity contribution < 1.29 is 14.3 Å². The number of benzene rings is 3. The molecule has 0 fully saturated rings. The lowest BCUT2D eigenvalue weighted by atomic mass is 10.00. The van der Waals surface area contributed by atoms with Crippen LogP contribution in [0.1, 0.15) is 79.1 Å². The maximum Gasteiger partial charge on any atom is 0.189 e. The normalized spacial score (nSPS) is 12.2. The molecule has 1 unspecified atom stereocenters. The first-order chi connectivity index (χ1) is 20.0. The molecule has 0 saturated heterocycles. The average molecular weight is 585 g/mol. The topological polar surface area (TPSA) is 35.5 Å². The number of allylic oxidation sites excluding steroid dienone is 2. The van der Waals surface area contributed by atoms with Crippen LogP contribution in [0.4, 0.5) is 0 Å². The Hall–Kier alpha value is -3.37. The Morgan fingerprint density at radius 3 is 2.17 bits per heavy atom. The van der Waals surface area contributed by atoms with Crippen molar-refractivity contribution in [2.75, 3.05) is 13.7 Å². The number of rotatable bonds is 13. The van der Waals surface area contributed by atoms with Gasteiger partial charge in [-0.2, -0.15) is 0 Å². The van der Waals surface area contributed by atoms with E-state index >= 15 is 0 Å². The molecule has 0 aromatic heterocycles. The lowest BCUT2D eigenvalue weighted by Gasteiger charge is -2.18. The van der Waals surface area contributed by atoms with Gasteiger partial charge in [-0.15, -0.1) is 0 Å². The molecule has 0 aliphatic heterocycles. The van der Waals surface area contributed by atoms with E-state index in [4.69, 9.17) is 9.47 Å². The number of methoxy groups -OCH3 is 1. The van der Waals surface area contributed by atoms with Gasteiger partial charge in [0.2, 0.25) is 0 Å². The highest BCUT2D eigenvalue weighted by molar-refractivity contribution is 6.88. The predicted molar refractivity (Wildman–Crippen MR) is 185 cm³/mol. The molecular formula is C38H52O3Si. The molecule has 3 aromatic rings. The summed E-state index contributed by atoms with van der Waals surface area (Å²) in [7, 11) is 0.562. The molecule has 0 spiro atoms. The zero-order chi connectivity index (χ0) is 31.1. The first-order valence-electron chi connectivity index (χ1n) is 15.4. The SMILES string of the molecule is C/C=C/c1cc(OC)c(C(=O)/C=C/c2ccc(C)cc2C)cc1OCC(CC)CCCC.C[Si](C)(C)c1ccccc1. The fourth-order valence-electron chi connectivity index (χ4n) is 4.68. The van der Waals surface area contributed by atoms with Crippen molar-refractivity contribution in [3.63, 3.8) is 0 Å². The molecule has 3 aromatic carbocycles.